The number of benzene rings is 1. The zero-order valence-corrected chi connectivity index (χ0v) is 15.9. The van der Waals surface area contributed by atoms with Crippen LogP contribution >= 0.6 is 35.6 Å². The SMILES string of the molecule is Cl.O=C(CN1CCC(NCC2CC2)CC1)Nc1cc(Cl)ccc1Cl. The Labute approximate surface area is 159 Å². The number of carbonyl (C=O) groups is 1. The summed E-state index contributed by atoms with van der Waals surface area (Å²) in [6.45, 7) is 3.48. The number of likely N-dealkylation sites (tertiary alicyclic amines) is 1. The fraction of sp³-hybridized carbons (Fsp3) is 0.588. The van der Waals surface area contributed by atoms with Gasteiger partial charge in [-0.25, -0.2) is 0 Å². The Morgan fingerprint density at radius 1 is 1.17 bits per heavy atom. The van der Waals surface area contributed by atoms with Gasteiger partial charge >= 0.3 is 0 Å². The molecule has 1 heterocycles. The Bertz CT molecular complexity index is 558. The Morgan fingerprint density at radius 3 is 2.54 bits per heavy atom. The normalized spacial score (nSPS) is 18.9. The van der Waals surface area contributed by atoms with Crippen LogP contribution in [0.25, 0.3) is 0 Å². The van der Waals surface area contributed by atoms with Crippen molar-refractivity contribution in [1.82, 2.24) is 10.2 Å². The summed E-state index contributed by atoms with van der Waals surface area (Å²) in [6, 6.07) is 5.68. The lowest BCUT2D eigenvalue weighted by molar-refractivity contribution is -0.117. The van der Waals surface area contributed by atoms with E-state index >= 15 is 0 Å². The molecule has 1 saturated heterocycles. The number of halogens is 3. The minimum atomic E-state index is -0.0430. The highest BCUT2D eigenvalue weighted by atomic mass is 35.5. The molecular formula is C17H24Cl3N3O. The molecule has 2 N–H and O–H groups in total. The van der Waals surface area contributed by atoms with Gasteiger partial charge in [-0.2, -0.15) is 0 Å². The van der Waals surface area contributed by atoms with Crippen LogP contribution in [-0.4, -0.2) is 43.0 Å². The molecule has 0 unspecified atom stereocenters. The number of hydrogen-bond acceptors (Lipinski definition) is 3. The second kappa shape index (κ2) is 9.25. The van der Waals surface area contributed by atoms with Crippen LogP contribution in [0.4, 0.5) is 5.69 Å². The van der Waals surface area contributed by atoms with E-state index in [9.17, 15) is 4.79 Å². The van der Waals surface area contributed by atoms with Crippen molar-refractivity contribution >= 4 is 47.2 Å². The van der Waals surface area contributed by atoms with E-state index in [-0.39, 0.29) is 18.3 Å². The number of amides is 1. The fourth-order valence-electron chi connectivity index (χ4n) is 2.94. The fourth-order valence-corrected chi connectivity index (χ4v) is 3.27. The number of piperidine rings is 1. The molecule has 2 fully saturated rings. The standard InChI is InChI=1S/C17H23Cl2N3O.ClH/c18-13-3-4-15(19)16(9-13)21-17(23)11-22-7-5-14(6-8-22)20-10-12-1-2-12;/h3-4,9,12,14,20H,1-2,5-8,10-11H2,(H,21,23);1H. The predicted molar refractivity (Wildman–Crippen MR) is 103 cm³/mol. The topological polar surface area (TPSA) is 44.4 Å². The van der Waals surface area contributed by atoms with Gasteiger partial charge in [-0.3, -0.25) is 9.69 Å². The van der Waals surface area contributed by atoms with Crippen LogP contribution in [0.5, 0.6) is 0 Å². The van der Waals surface area contributed by atoms with Gasteiger partial charge in [0.1, 0.15) is 0 Å². The minimum absolute atomic E-state index is 0. The maximum absolute atomic E-state index is 12.2. The Morgan fingerprint density at radius 2 is 1.88 bits per heavy atom. The monoisotopic (exact) mass is 391 g/mol. The molecule has 1 aromatic rings. The van der Waals surface area contributed by atoms with Gasteiger partial charge in [-0.15, -0.1) is 12.4 Å². The van der Waals surface area contributed by atoms with Crippen molar-refractivity contribution in [3.63, 3.8) is 0 Å². The number of rotatable bonds is 6. The Hall–Kier alpha value is -0.520. The van der Waals surface area contributed by atoms with Crippen LogP contribution < -0.4 is 10.6 Å². The lowest BCUT2D eigenvalue weighted by Gasteiger charge is -2.32. The van der Waals surface area contributed by atoms with Crippen LogP contribution in [0.3, 0.4) is 0 Å². The molecule has 3 rings (SSSR count). The molecule has 134 valence electrons. The van der Waals surface area contributed by atoms with Gasteiger partial charge in [0, 0.05) is 24.2 Å². The second-order valence-corrected chi connectivity index (χ2v) is 7.42. The Balaban J connectivity index is 0.00000208. The molecule has 24 heavy (non-hydrogen) atoms. The van der Waals surface area contributed by atoms with E-state index in [0.717, 1.165) is 31.8 Å². The zero-order valence-electron chi connectivity index (χ0n) is 13.6. The van der Waals surface area contributed by atoms with Gasteiger partial charge in [-0.05, 0) is 56.3 Å². The van der Waals surface area contributed by atoms with Crippen molar-refractivity contribution in [3.05, 3.63) is 28.2 Å². The van der Waals surface area contributed by atoms with Crippen molar-refractivity contribution in [2.24, 2.45) is 5.92 Å². The summed E-state index contributed by atoms with van der Waals surface area (Å²) in [5.41, 5.74) is 0.574. The summed E-state index contributed by atoms with van der Waals surface area (Å²) in [6.07, 6.45) is 4.99. The van der Waals surface area contributed by atoms with E-state index in [4.69, 9.17) is 23.2 Å². The van der Waals surface area contributed by atoms with Gasteiger partial charge in [0.2, 0.25) is 5.91 Å². The van der Waals surface area contributed by atoms with E-state index in [0.29, 0.717) is 28.3 Å². The summed E-state index contributed by atoms with van der Waals surface area (Å²) < 4.78 is 0. The van der Waals surface area contributed by atoms with Crippen LogP contribution in [0.15, 0.2) is 18.2 Å². The molecule has 1 saturated carbocycles. The lowest BCUT2D eigenvalue weighted by atomic mass is 10.0. The Kier molecular flexibility index (Phi) is 7.63. The van der Waals surface area contributed by atoms with E-state index in [1.807, 2.05) is 0 Å². The van der Waals surface area contributed by atoms with Crippen molar-refractivity contribution in [2.45, 2.75) is 31.7 Å². The molecular weight excluding hydrogens is 369 g/mol. The molecule has 1 aliphatic heterocycles. The number of nitrogens with one attached hydrogen (secondary N) is 2. The lowest BCUT2D eigenvalue weighted by Crippen LogP contribution is -2.45. The molecule has 2 aliphatic rings. The van der Waals surface area contributed by atoms with E-state index in [2.05, 4.69) is 15.5 Å². The van der Waals surface area contributed by atoms with Crippen molar-refractivity contribution in [1.29, 1.82) is 0 Å². The minimum Gasteiger partial charge on any atom is -0.324 e. The van der Waals surface area contributed by atoms with Gasteiger partial charge < -0.3 is 10.6 Å². The van der Waals surface area contributed by atoms with Crippen molar-refractivity contribution in [3.8, 4) is 0 Å². The molecule has 0 aromatic heterocycles. The third kappa shape index (κ3) is 6.08. The van der Waals surface area contributed by atoms with Crippen LogP contribution in [-0.2, 0) is 4.79 Å². The molecule has 1 amide bonds. The highest BCUT2D eigenvalue weighted by Crippen LogP contribution is 2.28. The predicted octanol–water partition coefficient (Wildman–Crippen LogP) is 3.82. The van der Waals surface area contributed by atoms with E-state index in [1.165, 1.54) is 19.4 Å². The molecule has 4 nitrogen and oxygen atoms in total. The van der Waals surface area contributed by atoms with Crippen LogP contribution in [0, 0.1) is 5.92 Å². The first-order chi connectivity index (χ1) is 11.1. The summed E-state index contributed by atoms with van der Waals surface area (Å²) >= 11 is 12.0. The van der Waals surface area contributed by atoms with Gasteiger partial charge in [-0.1, -0.05) is 23.2 Å². The van der Waals surface area contributed by atoms with Gasteiger partial charge in [0.25, 0.3) is 0 Å². The molecule has 1 aromatic carbocycles. The third-order valence-corrected chi connectivity index (χ3v) is 5.11. The first kappa shape index (κ1) is 19.8. The number of anilines is 1. The third-order valence-electron chi connectivity index (χ3n) is 4.55. The highest BCUT2D eigenvalue weighted by Gasteiger charge is 2.25. The number of carbonyl (C=O) groups excluding carboxylic acids is 1. The van der Waals surface area contributed by atoms with E-state index < -0.39 is 0 Å². The van der Waals surface area contributed by atoms with Gasteiger partial charge in [0.05, 0.1) is 17.3 Å². The zero-order chi connectivity index (χ0) is 16.2. The van der Waals surface area contributed by atoms with Crippen molar-refractivity contribution < 1.29 is 4.79 Å². The maximum Gasteiger partial charge on any atom is 0.238 e. The van der Waals surface area contributed by atoms with Crippen LogP contribution in [0.2, 0.25) is 10.0 Å². The summed E-state index contributed by atoms with van der Waals surface area (Å²) in [5.74, 6) is 0.875. The average molecular weight is 393 g/mol. The van der Waals surface area contributed by atoms with Crippen molar-refractivity contribution in [2.75, 3.05) is 31.5 Å². The quantitative estimate of drug-likeness (QED) is 0.773. The first-order valence-corrected chi connectivity index (χ1v) is 9.06. The summed E-state index contributed by atoms with van der Waals surface area (Å²) in [5, 5.41) is 7.56. The molecule has 0 bridgehead atoms. The summed E-state index contributed by atoms with van der Waals surface area (Å²) in [7, 11) is 0. The molecule has 0 spiro atoms. The smallest absolute Gasteiger partial charge is 0.238 e. The summed E-state index contributed by atoms with van der Waals surface area (Å²) in [4.78, 5) is 14.4. The second-order valence-electron chi connectivity index (χ2n) is 6.57. The molecule has 7 heteroatoms. The maximum atomic E-state index is 12.2. The highest BCUT2D eigenvalue weighted by molar-refractivity contribution is 6.35. The molecule has 0 radical (unpaired) electrons. The largest absolute Gasteiger partial charge is 0.324 e. The molecule has 0 atom stereocenters. The van der Waals surface area contributed by atoms with Gasteiger partial charge in [0.15, 0.2) is 0 Å². The first-order valence-electron chi connectivity index (χ1n) is 8.31. The average Bonchev–Trinajstić information content (AvgIpc) is 3.34. The molecule has 1 aliphatic carbocycles. The number of hydrogen-bond donors (Lipinski definition) is 2. The van der Waals surface area contributed by atoms with E-state index in [1.54, 1.807) is 18.2 Å². The van der Waals surface area contributed by atoms with Crippen LogP contribution in [0.1, 0.15) is 25.7 Å². The number of nitrogens with zero attached hydrogens (tertiary/aromatic N) is 1.